The molecule has 31 heavy (non-hydrogen) atoms. The molecule has 0 bridgehead atoms. The molecule has 170 valence electrons. The van der Waals surface area contributed by atoms with Crippen LogP contribution in [0.25, 0.3) is 0 Å². The largest absolute Gasteiger partial charge is 0.193 e. The molecule has 0 aliphatic heterocycles. The first-order valence-electron chi connectivity index (χ1n) is 13.1. The topological polar surface area (TPSA) is 23.8 Å². The van der Waals surface area contributed by atoms with Crippen molar-refractivity contribution in [1.82, 2.24) is 0 Å². The van der Waals surface area contributed by atoms with Crippen molar-refractivity contribution >= 4 is 0 Å². The summed E-state index contributed by atoms with van der Waals surface area (Å²) in [6.07, 6.45) is 29.3. The van der Waals surface area contributed by atoms with Crippen LogP contribution in [0.5, 0.6) is 0 Å². The second-order valence-corrected chi connectivity index (χ2v) is 9.61. The summed E-state index contributed by atoms with van der Waals surface area (Å²) in [5.74, 6) is 1.89. The summed E-state index contributed by atoms with van der Waals surface area (Å²) in [7, 11) is 0. The first-order valence-corrected chi connectivity index (χ1v) is 13.1. The van der Waals surface area contributed by atoms with Crippen molar-refractivity contribution in [3.63, 3.8) is 0 Å². The van der Waals surface area contributed by atoms with Gasteiger partial charge >= 0.3 is 0 Å². The third-order valence-electron chi connectivity index (χ3n) is 7.05. The molecule has 0 unspecified atom stereocenters. The maximum atomic E-state index is 8.47. The fraction of sp³-hybridized carbons (Fsp3) is 0.633. The summed E-state index contributed by atoms with van der Waals surface area (Å²) in [5.41, 5.74) is 3.04. The quantitative estimate of drug-likeness (QED) is 0.158. The van der Waals surface area contributed by atoms with E-state index in [-0.39, 0.29) is 0 Å². The number of hydrogen-bond acceptors (Lipinski definition) is 1. The van der Waals surface area contributed by atoms with Gasteiger partial charge in [0.25, 0.3) is 0 Å². The van der Waals surface area contributed by atoms with Gasteiger partial charge in [0.05, 0.1) is 6.07 Å². The Hall–Kier alpha value is -1.81. The molecule has 1 heteroatoms. The number of nitriles is 1. The van der Waals surface area contributed by atoms with Crippen molar-refractivity contribution in [2.24, 2.45) is 11.8 Å². The Labute approximate surface area is 192 Å². The monoisotopic (exact) mass is 419 g/mol. The number of allylic oxidation sites excluding steroid dienone is 4. The first-order chi connectivity index (χ1) is 15.3. The molecule has 1 aliphatic rings. The van der Waals surface area contributed by atoms with Crippen molar-refractivity contribution in [1.29, 1.82) is 5.26 Å². The molecule has 0 aromatic heterocycles. The lowest BCUT2D eigenvalue weighted by Crippen LogP contribution is -2.14. The van der Waals surface area contributed by atoms with E-state index < -0.39 is 0 Å². The Morgan fingerprint density at radius 2 is 1.35 bits per heavy atom. The minimum Gasteiger partial charge on any atom is -0.193 e. The van der Waals surface area contributed by atoms with Crippen molar-refractivity contribution in [3.05, 3.63) is 59.7 Å². The molecular weight excluding hydrogens is 374 g/mol. The Bertz CT molecular complexity index is 653. The summed E-state index contributed by atoms with van der Waals surface area (Å²) in [5, 5.41) is 8.47. The van der Waals surface area contributed by atoms with Crippen LogP contribution in [-0.2, 0) is 12.8 Å². The molecule has 1 fully saturated rings. The summed E-state index contributed by atoms with van der Waals surface area (Å²) in [6.45, 7) is 2.28. The van der Waals surface area contributed by atoms with Crippen LogP contribution < -0.4 is 0 Å². The van der Waals surface area contributed by atoms with Crippen LogP contribution in [0.2, 0.25) is 0 Å². The third-order valence-corrected chi connectivity index (χ3v) is 7.05. The lowest BCUT2D eigenvalue weighted by molar-refractivity contribution is 0.250. The van der Waals surface area contributed by atoms with Gasteiger partial charge in [0.15, 0.2) is 0 Å². The van der Waals surface area contributed by atoms with E-state index in [1.807, 2.05) is 18.2 Å². The SMILES string of the molecule is CCCCCCCc1ccc(CCCCC2CCC(CC/C=C/C=C/C#N)CC2)cc1. The van der Waals surface area contributed by atoms with Gasteiger partial charge in [-0.15, -0.1) is 0 Å². The smallest absolute Gasteiger partial charge is 0.0912 e. The predicted molar refractivity (Wildman–Crippen MR) is 135 cm³/mol. The molecule has 0 spiro atoms. The van der Waals surface area contributed by atoms with Gasteiger partial charge in [-0.05, 0) is 61.5 Å². The van der Waals surface area contributed by atoms with E-state index in [4.69, 9.17) is 5.26 Å². The van der Waals surface area contributed by atoms with Crippen LogP contribution >= 0.6 is 0 Å². The van der Waals surface area contributed by atoms with E-state index in [1.54, 1.807) is 0 Å². The van der Waals surface area contributed by atoms with Gasteiger partial charge < -0.3 is 0 Å². The molecular formula is C30H45N. The van der Waals surface area contributed by atoms with Crippen LogP contribution in [0.3, 0.4) is 0 Å². The van der Waals surface area contributed by atoms with Gasteiger partial charge in [-0.1, -0.05) is 114 Å². The summed E-state index contributed by atoms with van der Waals surface area (Å²) in [6, 6.07) is 11.5. The predicted octanol–water partition coefficient (Wildman–Crippen LogP) is 9.13. The van der Waals surface area contributed by atoms with Crippen LogP contribution in [0, 0.1) is 23.2 Å². The van der Waals surface area contributed by atoms with Gasteiger partial charge in [-0.3, -0.25) is 0 Å². The fourth-order valence-corrected chi connectivity index (χ4v) is 4.98. The molecule has 0 atom stereocenters. The van der Waals surface area contributed by atoms with E-state index in [2.05, 4.69) is 37.3 Å². The molecule has 0 radical (unpaired) electrons. The van der Waals surface area contributed by atoms with Crippen LogP contribution in [-0.4, -0.2) is 0 Å². The lowest BCUT2D eigenvalue weighted by atomic mass is 9.78. The lowest BCUT2D eigenvalue weighted by Gasteiger charge is -2.28. The molecule has 0 saturated heterocycles. The average molecular weight is 420 g/mol. The van der Waals surface area contributed by atoms with Gasteiger partial charge in [0, 0.05) is 6.08 Å². The minimum atomic E-state index is 0.922. The van der Waals surface area contributed by atoms with Crippen molar-refractivity contribution < 1.29 is 0 Å². The summed E-state index contributed by atoms with van der Waals surface area (Å²) < 4.78 is 0. The fourth-order valence-electron chi connectivity index (χ4n) is 4.98. The maximum absolute atomic E-state index is 8.47. The summed E-state index contributed by atoms with van der Waals surface area (Å²) >= 11 is 0. The number of rotatable bonds is 15. The Morgan fingerprint density at radius 3 is 1.97 bits per heavy atom. The molecule has 1 aromatic rings. The standard InChI is InChI=1S/C30H45N/c1-2-3-4-6-9-14-27-18-22-29(23-19-27)16-11-12-17-30-24-20-28(21-25-30)15-10-7-5-8-13-26-31/h5,7-8,13,18-19,22-23,28,30H,2-4,6,9-12,14-17,20-21,24-25H2,1H3/b7-5+,13-8+. The first kappa shape index (κ1) is 25.5. The highest BCUT2D eigenvalue weighted by Gasteiger charge is 2.20. The molecule has 0 amide bonds. The zero-order valence-corrected chi connectivity index (χ0v) is 20.0. The summed E-state index contributed by atoms with van der Waals surface area (Å²) in [4.78, 5) is 0. The molecule has 1 aromatic carbocycles. The Balaban J connectivity index is 1.50. The number of benzene rings is 1. The van der Waals surface area contributed by atoms with E-state index in [9.17, 15) is 0 Å². The van der Waals surface area contributed by atoms with Crippen molar-refractivity contribution in [2.45, 2.75) is 110 Å². The van der Waals surface area contributed by atoms with Crippen molar-refractivity contribution in [2.75, 3.05) is 0 Å². The highest BCUT2D eigenvalue weighted by molar-refractivity contribution is 5.22. The highest BCUT2D eigenvalue weighted by Crippen LogP contribution is 2.34. The van der Waals surface area contributed by atoms with E-state index in [0.717, 1.165) is 18.3 Å². The second kappa shape index (κ2) is 16.8. The van der Waals surface area contributed by atoms with Gasteiger partial charge in [-0.2, -0.15) is 5.26 Å². The van der Waals surface area contributed by atoms with E-state index in [1.165, 1.54) is 114 Å². The zero-order valence-electron chi connectivity index (χ0n) is 20.0. The minimum absolute atomic E-state index is 0.922. The average Bonchev–Trinajstić information content (AvgIpc) is 2.81. The molecule has 2 rings (SSSR count). The number of nitrogens with zero attached hydrogens (tertiary/aromatic N) is 1. The van der Waals surface area contributed by atoms with Gasteiger partial charge in [0.2, 0.25) is 0 Å². The van der Waals surface area contributed by atoms with Crippen LogP contribution in [0.15, 0.2) is 48.6 Å². The molecule has 1 nitrogen and oxygen atoms in total. The Kier molecular flexibility index (Phi) is 13.8. The molecule has 1 saturated carbocycles. The Morgan fingerprint density at radius 1 is 0.774 bits per heavy atom. The number of hydrogen-bond donors (Lipinski definition) is 0. The number of unbranched alkanes of at least 4 members (excludes halogenated alkanes) is 5. The van der Waals surface area contributed by atoms with E-state index >= 15 is 0 Å². The second-order valence-electron chi connectivity index (χ2n) is 9.61. The zero-order chi connectivity index (χ0) is 22.0. The van der Waals surface area contributed by atoms with E-state index in [0.29, 0.717) is 0 Å². The van der Waals surface area contributed by atoms with Crippen LogP contribution in [0.4, 0.5) is 0 Å². The normalized spacial score (nSPS) is 19.2. The molecule has 0 heterocycles. The molecule has 0 N–H and O–H groups in total. The van der Waals surface area contributed by atoms with Crippen molar-refractivity contribution in [3.8, 4) is 6.07 Å². The van der Waals surface area contributed by atoms with Crippen LogP contribution in [0.1, 0.15) is 108 Å². The maximum Gasteiger partial charge on any atom is 0.0912 e. The van der Waals surface area contributed by atoms with Gasteiger partial charge in [-0.25, -0.2) is 0 Å². The van der Waals surface area contributed by atoms with Gasteiger partial charge in [0.1, 0.15) is 0 Å². The third kappa shape index (κ3) is 12.0. The highest BCUT2D eigenvalue weighted by atomic mass is 14.3. The molecule has 1 aliphatic carbocycles. The number of aryl methyl sites for hydroxylation is 2.